The molecule has 104 valence electrons. The molecular formula is C20H11BrO. The van der Waals surface area contributed by atoms with E-state index in [1.165, 1.54) is 27.1 Å². The van der Waals surface area contributed by atoms with E-state index in [0.29, 0.717) is 0 Å². The van der Waals surface area contributed by atoms with Crippen molar-refractivity contribution < 1.29 is 4.74 Å². The van der Waals surface area contributed by atoms with Crippen LogP contribution < -0.4 is 4.74 Å². The van der Waals surface area contributed by atoms with Gasteiger partial charge < -0.3 is 4.74 Å². The monoisotopic (exact) mass is 346 g/mol. The molecule has 1 nitrogen and oxygen atoms in total. The van der Waals surface area contributed by atoms with Crippen molar-refractivity contribution in [2.45, 2.75) is 0 Å². The minimum atomic E-state index is 0.901. The highest BCUT2D eigenvalue weighted by atomic mass is 79.9. The molecule has 5 rings (SSSR count). The van der Waals surface area contributed by atoms with Crippen LogP contribution in [0.4, 0.5) is 0 Å². The Bertz CT molecular complexity index is 1070. The van der Waals surface area contributed by atoms with Crippen LogP contribution in [0.15, 0.2) is 71.2 Å². The van der Waals surface area contributed by atoms with Gasteiger partial charge in [-0.3, -0.25) is 0 Å². The Morgan fingerprint density at radius 1 is 0.727 bits per heavy atom. The van der Waals surface area contributed by atoms with E-state index in [0.717, 1.165) is 21.5 Å². The van der Waals surface area contributed by atoms with Crippen molar-refractivity contribution in [3.05, 3.63) is 71.2 Å². The molecule has 0 unspecified atom stereocenters. The summed E-state index contributed by atoms with van der Waals surface area (Å²) in [6.07, 6.45) is 0. The first-order valence-corrected chi connectivity index (χ1v) is 8.03. The lowest BCUT2D eigenvalue weighted by atomic mass is 9.92. The molecule has 1 aliphatic rings. The van der Waals surface area contributed by atoms with E-state index < -0.39 is 0 Å². The molecule has 0 fully saturated rings. The van der Waals surface area contributed by atoms with Crippen LogP contribution in [0.2, 0.25) is 0 Å². The van der Waals surface area contributed by atoms with Gasteiger partial charge in [-0.05, 0) is 49.8 Å². The normalized spacial score (nSPS) is 12.2. The molecule has 0 amide bonds. The number of para-hydroxylation sites is 1. The number of hydrogen-bond donors (Lipinski definition) is 0. The first kappa shape index (κ1) is 12.2. The summed E-state index contributed by atoms with van der Waals surface area (Å²) in [7, 11) is 0. The van der Waals surface area contributed by atoms with Gasteiger partial charge in [-0.25, -0.2) is 0 Å². The number of benzene rings is 4. The van der Waals surface area contributed by atoms with E-state index in [2.05, 4.69) is 76.6 Å². The molecule has 1 heterocycles. The highest BCUT2D eigenvalue weighted by molar-refractivity contribution is 9.10. The van der Waals surface area contributed by atoms with E-state index in [-0.39, 0.29) is 0 Å². The molecule has 0 spiro atoms. The zero-order chi connectivity index (χ0) is 14.7. The van der Waals surface area contributed by atoms with Crippen molar-refractivity contribution in [3.63, 3.8) is 0 Å². The zero-order valence-electron chi connectivity index (χ0n) is 11.6. The summed E-state index contributed by atoms with van der Waals surface area (Å²) in [5, 5.41) is 4.92. The molecule has 0 aliphatic carbocycles. The molecule has 1 aliphatic heterocycles. The summed E-state index contributed by atoms with van der Waals surface area (Å²) in [4.78, 5) is 0. The zero-order valence-corrected chi connectivity index (χ0v) is 13.2. The Labute approximate surface area is 136 Å². The first-order chi connectivity index (χ1) is 10.8. The average Bonchev–Trinajstić information content (AvgIpc) is 2.56. The van der Waals surface area contributed by atoms with Crippen molar-refractivity contribution in [2.24, 2.45) is 0 Å². The van der Waals surface area contributed by atoms with Gasteiger partial charge in [0.2, 0.25) is 0 Å². The predicted octanol–water partition coefficient (Wildman–Crippen LogP) is 6.53. The van der Waals surface area contributed by atoms with E-state index in [4.69, 9.17) is 4.74 Å². The second-order valence-electron chi connectivity index (χ2n) is 5.54. The Kier molecular flexibility index (Phi) is 2.42. The van der Waals surface area contributed by atoms with Gasteiger partial charge in [0.25, 0.3) is 0 Å². The van der Waals surface area contributed by atoms with Crippen LogP contribution in [0.5, 0.6) is 11.5 Å². The maximum atomic E-state index is 6.24. The molecule has 22 heavy (non-hydrogen) atoms. The van der Waals surface area contributed by atoms with E-state index >= 15 is 0 Å². The minimum absolute atomic E-state index is 0.901. The molecule has 0 saturated carbocycles. The van der Waals surface area contributed by atoms with Gasteiger partial charge in [0, 0.05) is 10.9 Å². The average molecular weight is 347 g/mol. The van der Waals surface area contributed by atoms with Gasteiger partial charge in [0.05, 0.1) is 4.47 Å². The molecule has 0 saturated heterocycles. The maximum absolute atomic E-state index is 6.24. The summed E-state index contributed by atoms with van der Waals surface area (Å²) in [5.74, 6) is 1.83. The number of hydrogen-bond acceptors (Lipinski definition) is 1. The third kappa shape index (κ3) is 1.53. The molecule has 0 bridgehead atoms. The molecule has 0 radical (unpaired) electrons. The lowest BCUT2D eigenvalue weighted by Crippen LogP contribution is -1.98. The Balaban J connectivity index is 2.02. The second-order valence-corrected chi connectivity index (χ2v) is 6.40. The lowest BCUT2D eigenvalue weighted by molar-refractivity contribution is 0.484. The Morgan fingerprint density at radius 2 is 1.50 bits per heavy atom. The summed E-state index contributed by atoms with van der Waals surface area (Å²) in [6, 6.07) is 23.3. The fraction of sp³-hybridized carbons (Fsp3) is 0. The van der Waals surface area contributed by atoms with Crippen LogP contribution >= 0.6 is 15.9 Å². The highest BCUT2D eigenvalue weighted by Gasteiger charge is 2.22. The highest BCUT2D eigenvalue weighted by Crippen LogP contribution is 2.50. The number of halogens is 1. The summed E-state index contributed by atoms with van der Waals surface area (Å²) < 4.78 is 7.23. The third-order valence-corrected chi connectivity index (χ3v) is 4.94. The SMILES string of the molecule is Brc1cccc2c1Oc1cc3ccccc3c3cccc-2c13. The van der Waals surface area contributed by atoms with Crippen molar-refractivity contribution in [3.8, 4) is 22.6 Å². The minimum Gasteiger partial charge on any atom is -0.455 e. The summed E-state index contributed by atoms with van der Waals surface area (Å²) in [6.45, 7) is 0. The van der Waals surface area contributed by atoms with E-state index in [1.54, 1.807) is 0 Å². The quantitative estimate of drug-likeness (QED) is 0.289. The fourth-order valence-electron chi connectivity index (χ4n) is 3.36. The van der Waals surface area contributed by atoms with Gasteiger partial charge in [0.1, 0.15) is 11.5 Å². The molecule has 4 aromatic rings. The second kappa shape index (κ2) is 4.34. The molecule has 0 N–H and O–H groups in total. The number of fused-ring (bicyclic) bond motifs is 4. The lowest BCUT2D eigenvalue weighted by Gasteiger charge is -2.23. The third-order valence-electron chi connectivity index (χ3n) is 4.32. The molecular weight excluding hydrogens is 336 g/mol. The van der Waals surface area contributed by atoms with Crippen molar-refractivity contribution in [2.75, 3.05) is 0 Å². The van der Waals surface area contributed by atoms with Gasteiger partial charge in [0.15, 0.2) is 0 Å². The van der Waals surface area contributed by atoms with Gasteiger partial charge in [-0.2, -0.15) is 0 Å². The van der Waals surface area contributed by atoms with E-state index in [9.17, 15) is 0 Å². The Morgan fingerprint density at radius 3 is 2.45 bits per heavy atom. The Hall–Kier alpha value is -2.32. The van der Waals surface area contributed by atoms with Crippen LogP contribution in [-0.4, -0.2) is 0 Å². The number of rotatable bonds is 0. The smallest absolute Gasteiger partial charge is 0.149 e. The van der Waals surface area contributed by atoms with Gasteiger partial charge in [-0.1, -0.05) is 54.6 Å². The van der Waals surface area contributed by atoms with Crippen LogP contribution in [0.1, 0.15) is 0 Å². The molecule has 2 heteroatoms. The topological polar surface area (TPSA) is 9.23 Å². The van der Waals surface area contributed by atoms with Crippen LogP contribution in [0.25, 0.3) is 32.7 Å². The predicted molar refractivity (Wildman–Crippen MR) is 94.7 cm³/mol. The van der Waals surface area contributed by atoms with Crippen molar-refractivity contribution >= 4 is 37.5 Å². The maximum Gasteiger partial charge on any atom is 0.149 e. The standard InChI is InChI=1S/C20H11BrO/c21-17-10-4-9-16-15-8-3-7-14-13-6-2-1-5-12(13)11-18(19(14)15)22-20(16)17/h1-11H. The van der Waals surface area contributed by atoms with Crippen molar-refractivity contribution in [1.82, 2.24) is 0 Å². The molecule has 4 aromatic carbocycles. The fourth-order valence-corrected chi connectivity index (χ4v) is 3.81. The van der Waals surface area contributed by atoms with Crippen LogP contribution in [-0.2, 0) is 0 Å². The van der Waals surface area contributed by atoms with Crippen LogP contribution in [0, 0.1) is 0 Å². The summed E-state index contributed by atoms with van der Waals surface area (Å²) in [5.41, 5.74) is 2.38. The van der Waals surface area contributed by atoms with E-state index in [1.807, 2.05) is 6.07 Å². The molecule has 0 atom stereocenters. The van der Waals surface area contributed by atoms with Gasteiger partial charge in [-0.15, -0.1) is 0 Å². The summed E-state index contributed by atoms with van der Waals surface area (Å²) >= 11 is 3.61. The first-order valence-electron chi connectivity index (χ1n) is 7.24. The number of ether oxygens (including phenoxy) is 1. The van der Waals surface area contributed by atoms with Gasteiger partial charge >= 0.3 is 0 Å². The largest absolute Gasteiger partial charge is 0.455 e. The molecule has 0 aromatic heterocycles. The van der Waals surface area contributed by atoms with Crippen LogP contribution in [0.3, 0.4) is 0 Å². The van der Waals surface area contributed by atoms with Crippen molar-refractivity contribution in [1.29, 1.82) is 0 Å².